The van der Waals surface area contributed by atoms with Crippen molar-refractivity contribution in [1.29, 1.82) is 0 Å². The average molecular weight is 480 g/mol. The zero-order valence-electron chi connectivity index (χ0n) is 20.5. The molecule has 4 rings (SSSR count). The number of carbonyl (C=O) groups excluding carboxylic acids is 2. The third kappa shape index (κ3) is 7.42. The second-order valence-corrected chi connectivity index (χ2v) is 9.26. The number of rotatable bonds is 6. The van der Waals surface area contributed by atoms with Crippen LogP contribution in [0.15, 0.2) is 42.6 Å². The molecule has 8 heteroatoms. The highest BCUT2D eigenvalue weighted by molar-refractivity contribution is 6.01. The Morgan fingerprint density at radius 3 is 2.69 bits per heavy atom. The molecule has 0 atom stereocenters. The zero-order chi connectivity index (χ0) is 24.3. The Morgan fingerprint density at radius 1 is 1.00 bits per heavy atom. The maximum Gasteiger partial charge on any atom is 0.258 e. The van der Waals surface area contributed by atoms with Crippen LogP contribution in [0.3, 0.4) is 0 Å². The van der Waals surface area contributed by atoms with Gasteiger partial charge in [-0.25, -0.2) is 4.98 Å². The first kappa shape index (κ1) is 25.0. The lowest BCUT2D eigenvalue weighted by Gasteiger charge is -2.24. The maximum atomic E-state index is 13.6. The monoisotopic (exact) mass is 479 g/mol. The number of hydrogen-bond acceptors (Lipinski definition) is 6. The summed E-state index contributed by atoms with van der Waals surface area (Å²) >= 11 is 0. The Bertz CT molecular complexity index is 977. The molecule has 2 N–H and O–H groups in total. The summed E-state index contributed by atoms with van der Waals surface area (Å²) in [5.41, 5.74) is 1.21. The molecule has 2 aromatic rings. The van der Waals surface area contributed by atoms with Gasteiger partial charge in [0.15, 0.2) is 0 Å². The van der Waals surface area contributed by atoms with Gasteiger partial charge >= 0.3 is 0 Å². The van der Waals surface area contributed by atoms with Gasteiger partial charge in [-0.15, -0.1) is 0 Å². The molecule has 8 nitrogen and oxygen atoms in total. The molecule has 0 aliphatic carbocycles. The molecule has 2 amide bonds. The Balaban J connectivity index is 1.44. The van der Waals surface area contributed by atoms with Gasteiger partial charge < -0.3 is 25.2 Å². The van der Waals surface area contributed by atoms with Crippen LogP contribution in [-0.4, -0.2) is 72.5 Å². The molecule has 0 unspecified atom stereocenters. The summed E-state index contributed by atoms with van der Waals surface area (Å²) in [7, 11) is 0. The number of ether oxygens (including phenoxy) is 1. The number of likely N-dealkylation sites (tertiary alicyclic amines) is 1. The zero-order valence-corrected chi connectivity index (χ0v) is 20.5. The van der Waals surface area contributed by atoms with Crippen molar-refractivity contribution in [2.75, 3.05) is 51.2 Å². The normalized spacial score (nSPS) is 17.5. The van der Waals surface area contributed by atoms with Crippen LogP contribution < -0.4 is 15.4 Å². The SMILES string of the molecule is O=C(CN1CCCCCCOc2ccccc2Nc2ncccc2C1=O)NCCCN1CCCC1. The Labute approximate surface area is 208 Å². The lowest BCUT2D eigenvalue weighted by Crippen LogP contribution is -2.42. The fraction of sp³-hybridized carbons (Fsp3) is 0.519. The molecule has 3 heterocycles. The average Bonchev–Trinajstić information content (AvgIpc) is 3.39. The molecule has 0 spiro atoms. The maximum absolute atomic E-state index is 13.6. The quantitative estimate of drug-likeness (QED) is 0.613. The van der Waals surface area contributed by atoms with Crippen molar-refractivity contribution in [1.82, 2.24) is 20.1 Å². The first-order valence-electron chi connectivity index (χ1n) is 12.9. The molecule has 0 bridgehead atoms. The number of fused-ring (bicyclic) bond motifs is 2. The van der Waals surface area contributed by atoms with E-state index in [0.29, 0.717) is 31.1 Å². The number of nitrogens with zero attached hydrogens (tertiary/aromatic N) is 3. The summed E-state index contributed by atoms with van der Waals surface area (Å²) in [6.07, 6.45) is 8.90. The fourth-order valence-corrected chi connectivity index (χ4v) is 4.63. The van der Waals surface area contributed by atoms with Crippen LogP contribution in [0, 0.1) is 0 Å². The summed E-state index contributed by atoms with van der Waals surface area (Å²) in [6, 6.07) is 11.2. The van der Waals surface area contributed by atoms with Crippen molar-refractivity contribution in [2.24, 2.45) is 0 Å². The van der Waals surface area contributed by atoms with Gasteiger partial charge in [0.05, 0.1) is 24.4 Å². The van der Waals surface area contributed by atoms with E-state index in [-0.39, 0.29) is 18.4 Å². The van der Waals surface area contributed by atoms with Gasteiger partial charge in [0.2, 0.25) is 5.91 Å². The van der Waals surface area contributed by atoms with Crippen LogP contribution in [-0.2, 0) is 4.79 Å². The van der Waals surface area contributed by atoms with Crippen molar-refractivity contribution >= 4 is 23.3 Å². The lowest BCUT2D eigenvalue weighted by atomic mass is 10.1. The summed E-state index contributed by atoms with van der Waals surface area (Å²) in [4.78, 5) is 34.9. The van der Waals surface area contributed by atoms with E-state index in [4.69, 9.17) is 4.74 Å². The molecule has 0 saturated carbocycles. The molecule has 1 aromatic heterocycles. The number of carbonyl (C=O) groups is 2. The van der Waals surface area contributed by atoms with Gasteiger partial charge in [-0.3, -0.25) is 9.59 Å². The predicted molar refractivity (Wildman–Crippen MR) is 137 cm³/mol. The number of hydrogen-bond donors (Lipinski definition) is 2. The van der Waals surface area contributed by atoms with Crippen LogP contribution in [0.5, 0.6) is 5.75 Å². The highest BCUT2D eigenvalue weighted by Crippen LogP contribution is 2.29. The number of anilines is 2. The van der Waals surface area contributed by atoms with E-state index in [1.54, 1.807) is 23.2 Å². The number of benzene rings is 1. The Hall–Kier alpha value is -3.13. The van der Waals surface area contributed by atoms with Crippen molar-refractivity contribution < 1.29 is 14.3 Å². The van der Waals surface area contributed by atoms with Gasteiger partial charge in [-0.2, -0.15) is 0 Å². The smallest absolute Gasteiger partial charge is 0.258 e. The van der Waals surface area contributed by atoms with Gasteiger partial charge in [0.25, 0.3) is 5.91 Å². The van der Waals surface area contributed by atoms with Crippen molar-refractivity contribution in [3.05, 3.63) is 48.2 Å². The fourth-order valence-electron chi connectivity index (χ4n) is 4.63. The molecule has 1 saturated heterocycles. The van der Waals surface area contributed by atoms with E-state index in [2.05, 4.69) is 20.5 Å². The van der Waals surface area contributed by atoms with Crippen LogP contribution in [0.2, 0.25) is 0 Å². The van der Waals surface area contributed by atoms with Crippen LogP contribution in [0.1, 0.15) is 55.3 Å². The molecule has 2 aliphatic rings. The van der Waals surface area contributed by atoms with Crippen molar-refractivity contribution in [3.8, 4) is 5.75 Å². The van der Waals surface area contributed by atoms with Crippen LogP contribution in [0.25, 0.3) is 0 Å². The Kier molecular flexibility index (Phi) is 9.34. The third-order valence-corrected chi connectivity index (χ3v) is 6.55. The lowest BCUT2D eigenvalue weighted by molar-refractivity contribution is -0.121. The van der Waals surface area contributed by atoms with Crippen molar-refractivity contribution in [2.45, 2.75) is 44.9 Å². The van der Waals surface area contributed by atoms with Gasteiger partial charge in [0, 0.05) is 19.3 Å². The highest BCUT2D eigenvalue weighted by atomic mass is 16.5. The van der Waals surface area contributed by atoms with Gasteiger partial charge in [-0.1, -0.05) is 25.0 Å². The first-order valence-corrected chi connectivity index (χ1v) is 12.9. The minimum absolute atomic E-state index is 0.0522. The summed E-state index contributed by atoms with van der Waals surface area (Å²) < 4.78 is 5.99. The highest BCUT2D eigenvalue weighted by Gasteiger charge is 2.22. The molecule has 35 heavy (non-hydrogen) atoms. The van der Waals surface area contributed by atoms with Crippen LogP contribution in [0.4, 0.5) is 11.5 Å². The Morgan fingerprint density at radius 2 is 1.80 bits per heavy atom. The summed E-state index contributed by atoms with van der Waals surface area (Å²) in [5.74, 6) is 0.890. The minimum Gasteiger partial charge on any atom is -0.491 e. The van der Waals surface area contributed by atoms with Gasteiger partial charge in [0.1, 0.15) is 11.6 Å². The number of nitrogens with one attached hydrogen (secondary N) is 2. The van der Waals surface area contributed by atoms with Gasteiger partial charge in [-0.05, 0) is 76.0 Å². The van der Waals surface area contributed by atoms with Crippen LogP contribution >= 0.6 is 0 Å². The van der Waals surface area contributed by atoms with E-state index < -0.39 is 0 Å². The standard InChI is InChI=1S/C27H37N5O3/c33-25(28-15-10-18-31-16-6-7-17-31)21-32-19-5-1-2-8-20-35-24-13-4-3-12-23(24)30-26-22(27(32)34)11-9-14-29-26/h3-4,9,11-14H,1-2,5-8,10,15-21H2,(H,28,33)(H,29,30). The van der Waals surface area contributed by atoms with E-state index >= 15 is 0 Å². The summed E-state index contributed by atoms with van der Waals surface area (Å²) in [6.45, 7) is 5.19. The van der Waals surface area contributed by atoms with E-state index in [9.17, 15) is 9.59 Å². The predicted octanol–water partition coefficient (Wildman–Crippen LogP) is 3.82. The van der Waals surface area contributed by atoms with E-state index in [1.807, 2.05) is 24.3 Å². The number of aromatic nitrogens is 1. The van der Waals surface area contributed by atoms with E-state index in [0.717, 1.165) is 63.2 Å². The largest absolute Gasteiger partial charge is 0.491 e. The minimum atomic E-state index is -0.191. The number of pyridine rings is 1. The third-order valence-electron chi connectivity index (χ3n) is 6.55. The van der Waals surface area contributed by atoms with Crippen molar-refractivity contribution in [3.63, 3.8) is 0 Å². The molecule has 0 radical (unpaired) electrons. The molecule has 188 valence electrons. The van der Waals surface area contributed by atoms with E-state index in [1.165, 1.54) is 12.8 Å². The molecule has 1 fully saturated rings. The molecular weight excluding hydrogens is 442 g/mol. The number of amides is 2. The number of para-hydroxylation sites is 2. The molecular formula is C27H37N5O3. The molecule has 2 aliphatic heterocycles. The first-order chi connectivity index (χ1) is 17.2. The summed E-state index contributed by atoms with van der Waals surface area (Å²) in [5, 5.41) is 6.29. The second-order valence-electron chi connectivity index (χ2n) is 9.26. The second kappa shape index (κ2) is 13.1. The topological polar surface area (TPSA) is 86.8 Å². The molecule has 1 aromatic carbocycles.